The third-order valence-corrected chi connectivity index (χ3v) is 11.1. The highest BCUT2D eigenvalue weighted by Crippen LogP contribution is 2.56. The first-order valence-electron chi connectivity index (χ1n) is 15.8. The monoisotopic (exact) mass is 717 g/mol. The predicted molar refractivity (Wildman–Crippen MR) is 185 cm³/mol. The van der Waals surface area contributed by atoms with Crippen LogP contribution in [0.15, 0.2) is 98.6 Å². The summed E-state index contributed by atoms with van der Waals surface area (Å²) in [5, 5.41) is 0. The summed E-state index contributed by atoms with van der Waals surface area (Å²) in [7, 11) is -2.74. The third kappa shape index (κ3) is 6.44. The van der Waals surface area contributed by atoms with Gasteiger partial charge in [-0.25, -0.2) is 0 Å². The molecule has 0 bridgehead atoms. The molecule has 0 aromatic heterocycles. The van der Waals surface area contributed by atoms with Crippen molar-refractivity contribution in [2.45, 2.75) is 77.7 Å². The highest BCUT2D eigenvalue weighted by molar-refractivity contribution is 9.10. The van der Waals surface area contributed by atoms with Crippen molar-refractivity contribution < 1.29 is 26.9 Å². The van der Waals surface area contributed by atoms with Crippen molar-refractivity contribution in [2.24, 2.45) is 10.8 Å². The van der Waals surface area contributed by atoms with Crippen molar-refractivity contribution in [1.82, 2.24) is 4.90 Å². The number of ether oxygens (including phenoxy) is 1. The molecule has 2 aliphatic carbocycles. The second-order valence-electron chi connectivity index (χ2n) is 14.5. The van der Waals surface area contributed by atoms with Crippen molar-refractivity contribution in [3.63, 3.8) is 0 Å². The smallest absolute Gasteiger partial charge is 0.339 e. The van der Waals surface area contributed by atoms with E-state index >= 15 is 0 Å². The van der Waals surface area contributed by atoms with E-state index in [1.54, 1.807) is 24.3 Å². The third-order valence-electron chi connectivity index (χ3n) is 9.29. The lowest BCUT2D eigenvalue weighted by Gasteiger charge is -2.49. The number of hydrogen-bond acceptors (Lipinski definition) is 7. The van der Waals surface area contributed by atoms with Crippen molar-refractivity contribution in [3.05, 3.63) is 110 Å². The molecule has 246 valence electrons. The molecule has 0 unspecified atom stereocenters. The summed E-state index contributed by atoms with van der Waals surface area (Å²) in [4.78, 5) is 30.7. The molecular formula is C38H40BrNO6S. The summed E-state index contributed by atoms with van der Waals surface area (Å²) in [6.45, 7) is 10.9. The molecule has 3 aromatic rings. The van der Waals surface area contributed by atoms with Gasteiger partial charge in [0.15, 0.2) is 23.1 Å². The van der Waals surface area contributed by atoms with Gasteiger partial charge in [-0.3, -0.25) is 9.59 Å². The number of benzene rings is 3. The number of methoxy groups -OCH3 is 1. The number of nitrogens with zero attached hydrogens (tertiary/aromatic N) is 1. The van der Waals surface area contributed by atoms with Crippen LogP contribution in [0.5, 0.6) is 11.5 Å². The second kappa shape index (κ2) is 12.1. The quantitative estimate of drug-likeness (QED) is 0.227. The first-order valence-corrected chi connectivity index (χ1v) is 18.0. The first-order chi connectivity index (χ1) is 22.1. The number of carbonyl (C=O) groups is 2. The molecule has 0 saturated heterocycles. The Bertz CT molecular complexity index is 1890. The summed E-state index contributed by atoms with van der Waals surface area (Å²) in [5.41, 5.74) is 5.30. The molecule has 0 fully saturated rings. The molecule has 1 aliphatic heterocycles. The average Bonchev–Trinajstić information content (AvgIpc) is 2.98. The number of rotatable bonds is 7. The average molecular weight is 719 g/mol. The van der Waals surface area contributed by atoms with Crippen molar-refractivity contribution in [1.29, 1.82) is 0 Å². The maximum Gasteiger partial charge on any atom is 0.339 e. The molecule has 0 atom stereocenters. The Kier molecular flexibility index (Phi) is 8.54. The van der Waals surface area contributed by atoms with E-state index in [0.29, 0.717) is 53.4 Å². The van der Waals surface area contributed by atoms with Gasteiger partial charge in [-0.2, -0.15) is 8.42 Å². The van der Waals surface area contributed by atoms with Gasteiger partial charge in [-0.05, 0) is 81.9 Å². The molecule has 9 heteroatoms. The first kappa shape index (κ1) is 33.2. The Morgan fingerprint density at radius 3 is 1.91 bits per heavy atom. The van der Waals surface area contributed by atoms with Gasteiger partial charge in [0.1, 0.15) is 4.90 Å². The molecule has 3 aliphatic rings. The molecule has 3 aromatic carbocycles. The molecule has 7 nitrogen and oxygen atoms in total. The van der Waals surface area contributed by atoms with Crippen molar-refractivity contribution >= 4 is 37.6 Å². The lowest BCUT2D eigenvalue weighted by molar-refractivity contribution is -0.119. The Morgan fingerprint density at radius 1 is 0.830 bits per heavy atom. The molecule has 0 N–H and O–H groups in total. The summed E-state index contributed by atoms with van der Waals surface area (Å²) < 4.78 is 38.3. The van der Waals surface area contributed by atoms with E-state index in [2.05, 4.69) is 60.7 Å². The van der Waals surface area contributed by atoms with Crippen molar-refractivity contribution in [3.8, 4) is 11.5 Å². The van der Waals surface area contributed by atoms with Crippen LogP contribution in [-0.2, 0) is 26.3 Å². The zero-order valence-electron chi connectivity index (χ0n) is 27.6. The zero-order chi connectivity index (χ0) is 33.9. The minimum Gasteiger partial charge on any atom is -0.493 e. The molecule has 0 saturated carbocycles. The van der Waals surface area contributed by atoms with Crippen LogP contribution in [0.2, 0.25) is 0 Å². The van der Waals surface area contributed by atoms with Crippen LogP contribution in [0, 0.1) is 17.8 Å². The van der Waals surface area contributed by atoms with E-state index in [1.807, 2.05) is 25.1 Å². The van der Waals surface area contributed by atoms with Crippen LogP contribution < -0.4 is 8.92 Å². The largest absolute Gasteiger partial charge is 0.493 e. The van der Waals surface area contributed by atoms with Gasteiger partial charge in [0, 0.05) is 47.8 Å². The standard InChI is InChI=1S/C38H40BrNO6S/c1-23-12-14-26(15-13-23)47(43,44)46-36-27(39)16-25(17-32(36)45-6)33-34-28(18-37(2,3)20-30(34)41)40(22-24-10-8-7-9-11-24)29-19-38(4,5)21-31(42)35(29)33/h7-17,33H,18-22H2,1-6H3. The zero-order valence-corrected chi connectivity index (χ0v) is 30.0. The maximum absolute atomic E-state index is 14.2. The van der Waals surface area contributed by atoms with Crippen LogP contribution in [0.3, 0.4) is 0 Å². The Hall–Kier alpha value is -3.69. The van der Waals surface area contributed by atoms with E-state index in [9.17, 15) is 18.0 Å². The van der Waals surface area contributed by atoms with Gasteiger partial charge in [0.25, 0.3) is 0 Å². The van der Waals surface area contributed by atoms with Gasteiger partial charge >= 0.3 is 10.1 Å². The summed E-state index contributed by atoms with van der Waals surface area (Å²) in [6.07, 6.45) is 2.07. The fourth-order valence-corrected chi connectivity index (χ4v) is 8.79. The van der Waals surface area contributed by atoms with Gasteiger partial charge in [0.2, 0.25) is 0 Å². The highest BCUT2D eigenvalue weighted by atomic mass is 79.9. The van der Waals surface area contributed by atoms with Crippen LogP contribution in [0.25, 0.3) is 0 Å². The van der Waals surface area contributed by atoms with E-state index in [1.165, 1.54) is 19.2 Å². The molecule has 0 radical (unpaired) electrons. The summed E-state index contributed by atoms with van der Waals surface area (Å²) >= 11 is 3.56. The Labute approximate surface area is 285 Å². The van der Waals surface area contributed by atoms with E-state index in [4.69, 9.17) is 8.92 Å². The fraction of sp³-hybridized carbons (Fsp3) is 0.368. The van der Waals surface area contributed by atoms with Crippen LogP contribution in [0.4, 0.5) is 0 Å². The van der Waals surface area contributed by atoms with E-state index in [0.717, 1.165) is 22.5 Å². The minimum atomic E-state index is -4.19. The topological polar surface area (TPSA) is 90.0 Å². The normalized spacial score (nSPS) is 19.4. The Balaban J connectivity index is 1.53. The van der Waals surface area contributed by atoms with Gasteiger partial charge in [-0.1, -0.05) is 75.7 Å². The van der Waals surface area contributed by atoms with Crippen molar-refractivity contribution in [2.75, 3.05) is 7.11 Å². The number of ketones is 2. The van der Waals surface area contributed by atoms with Crippen LogP contribution in [0.1, 0.15) is 76.0 Å². The maximum atomic E-state index is 14.2. The lowest BCUT2D eigenvalue weighted by atomic mass is 9.63. The molecule has 6 rings (SSSR count). The number of aryl methyl sites for hydroxylation is 1. The lowest BCUT2D eigenvalue weighted by Crippen LogP contribution is -2.44. The number of hydrogen-bond donors (Lipinski definition) is 0. The number of halogens is 1. The number of carbonyl (C=O) groups excluding carboxylic acids is 2. The Morgan fingerprint density at radius 2 is 1.38 bits per heavy atom. The summed E-state index contributed by atoms with van der Waals surface area (Å²) in [5.74, 6) is -0.434. The highest BCUT2D eigenvalue weighted by Gasteiger charge is 2.49. The van der Waals surface area contributed by atoms with Gasteiger partial charge in [0.05, 0.1) is 11.6 Å². The van der Waals surface area contributed by atoms with Gasteiger partial charge in [-0.15, -0.1) is 0 Å². The molecular weight excluding hydrogens is 678 g/mol. The van der Waals surface area contributed by atoms with Crippen LogP contribution in [-0.4, -0.2) is 32.0 Å². The molecule has 0 amide bonds. The SMILES string of the molecule is COc1cc(C2C3=C(CC(C)(C)CC3=O)N(Cc3ccccc3)C3=C2C(=O)CC(C)(C)C3)cc(Br)c1OS(=O)(=O)c1ccc(C)cc1. The van der Waals surface area contributed by atoms with E-state index in [-0.39, 0.29) is 38.8 Å². The molecule has 0 spiro atoms. The minimum absolute atomic E-state index is 0.00560. The molecule has 1 heterocycles. The number of Topliss-reactive ketones (excluding diaryl/α,β-unsaturated/α-hetero) is 2. The summed E-state index contributed by atoms with van der Waals surface area (Å²) in [6, 6.07) is 20.0. The predicted octanol–water partition coefficient (Wildman–Crippen LogP) is 8.42. The van der Waals surface area contributed by atoms with E-state index < -0.39 is 16.0 Å². The number of allylic oxidation sites excluding steroid dienone is 4. The fourth-order valence-electron chi connectivity index (χ4n) is 7.19. The second-order valence-corrected chi connectivity index (χ2v) is 16.9. The molecule has 47 heavy (non-hydrogen) atoms. The van der Waals surface area contributed by atoms with Gasteiger partial charge < -0.3 is 13.8 Å². The van der Waals surface area contributed by atoms with Crippen LogP contribution >= 0.6 is 15.9 Å².